The number of aromatic nitrogens is 2. The molecule has 0 aliphatic heterocycles. The van der Waals surface area contributed by atoms with Gasteiger partial charge >= 0.3 is 0 Å². The Balaban J connectivity index is 2.82. The second-order valence-electron chi connectivity index (χ2n) is 5.28. The molecule has 19 heavy (non-hydrogen) atoms. The topological polar surface area (TPSA) is 102 Å². The zero-order valence-electron chi connectivity index (χ0n) is 12.1. The van der Waals surface area contributed by atoms with Crippen molar-refractivity contribution in [1.29, 1.82) is 0 Å². The average Bonchev–Trinajstić information content (AvgIpc) is 2.49. The number of aryl methyl sites for hydroxylation is 2. The van der Waals surface area contributed by atoms with Crippen molar-refractivity contribution in [3.05, 3.63) is 5.69 Å². The number of hydrogen-bond donors (Lipinski definition) is 3. The van der Waals surface area contributed by atoms with E-state index in [0.717, 1.165) is 17.8 Å². The fourth-order valence-corrected chi connectivity index (χ4v) is 2.93. The van der Waals surface area contributed by atoms with Crippen molar-refractivity contribution >= 4 is 21.5 Å². The zero-order chi connectivity index (χ0) is 14.8. The maximum Gasteiger partial charge on any atom is 0.209 e. The van der Waals surface area contributed by atoms with Gasteiger partial charge in [0.15, 0.2) is 0 Å². The van der Waals surface area contributed by atoms with Crippen molar-refractivity contribution < 1.29 is 8.42 Å². The molecule has 7 nitrogen and oxygen atoms in total. The standard InChI is InChI=1S/C11H23N5O2S/c1-6-16-10(9(12)8(2)14-16)13-7-11(3,4)15-19(5,17)18/h13,15H,6-7,12H2,1-5H3. The van der Waals surface area contributed by atoms with Crippen LogP contribution in [0.3, 0.4) is 0 Å². The SMILES string of the molecule is CCn1nc(C)c(N)c1NCC(C)(C)NS(C)(=O)=O. The Morgan fingerprint density at radius 1 is 1.42 bits per heavy atom. The predicted molar refractivity (Wildman–Crippen MR) is 77.6 cm³/mol. The summed E-state index contributed by atoms with van der Waals surface area (Å²) in [4.78, 5) is 0. The van der Waals surface area contributed by atoms with E-state index < -0.39 is 15.6 Å². The molecule has 0 saturated carbocycles. The molecule has 8 heteroatoms. The number of hydrogen-bond acceptors (Lipinski definition) is 5. The lowest BCUT2D eigenvalue weighted by molar-refractivity contribution is 0.474. The molecule has 0 saturated heterocycles. The first-order chi connectivity index (χ1) is 8.56. The minimum Gasteiger partial charge on any atom is -0.394 e. The van der Waals surface area contributed by atoms with Gasteiger partial charge in [-0.05, 0) is 27.7 Å². The van der Waals surface area contributed by atoms with Gasteiger partial charge in [0.25, 0.3) is 0 Å². The molecule has 0 atom stereocenters. The fourth-order valence-electron chi connectivity index (χ4n) is 1.85. The highest BCUT2D eigenvalue weighted by molar-refractivity contribution is 7.88. The second kappa shape index (κ2) is 5.38. The molecule has 1 aromatic rings. The van der Waals surface area contributed by atoms with Crippen LogP contribution in [-0.2, 0) is 16.6 Å². The van der Waals surface area contributed by atoms with Gasteiger partial charge in [-0.1, -0.05) is 0 Å². The van der Waals surface area contributed by atoms with Crippen LogP contribution in [0.1, 0.15) is 26.5 Å². The van der Waals surface area contributed by atoms with Gasteiger partial charge in [0.2, 0.25) is 10.0 Å². The summed E-state index contributed by atoms with van der Waals surface area (Å²) in [5.74, 6) is 0.725. The van der Waals surface area contributed by atoms with E-state index in [1.165, 1.54) is 0 Å². The molecule has 0 bridgehead atoms. The molecule has 1 rings (SSSR count). The third-order valence-electron chi connectivity index (χ3n) is 2.63. The van der Waals surface area contributed by atoms with E-state index in [4.69, 9.17) is 5.73 Å². The molecule has 0 fully saturated rings. The summed E-state index contributed by atoms with van der Waals surface area (Å²) in [6, 6.07) is 0. The maximum atomic E-state index is 11.3. The Morgan fingerprint density at radius 2 is 2.00 bits per heavy atom. The van der Waals surface area contributed by atoms with Crippen LogP contribution in [0, 0.1) is 6.92 Å². The summed E-state index contributed by atoms with van der Waals surface area (Å²) in [5.41, 5.74) is 6.69. The first kappa shape index (κ1) is 15.8. The van der Waals surface area contributed by atoms with Crippen LogP contribution < -0.4 is 15.8 Å². The van der Waals surface area contributed by atoms with E-state index >= 15 is 0 Å². The van der Waals surface area contributed by atoms with Crippen LogP contribution in [0.5, 0.6) is 0 Å². The second-order valence-corrected chi connectivity index (χ2v) is 7.02. The van der Waals surface area contributed by atoms with Crippen LogP contribution in [0.15, 0.2) is 0 Å². The summed E-state index contributed by atoms with van der Waals surface area (Å²) < 4.78 is 26.9. The largest absolute Gasteiger partial charge is 0.394 e. The number of nitrogens with two attached hydrogens (primary N) is 1. The quantitative estimate of drug-likeness (QED) is 0.709. The zero-order valence-corrected chi connectivity index (χ0v) is 12.9. The van der Waals surface area contributed by atoms with Crippen molar-refractivity contribution in [2.45, 2.75) is 39.8 Å². The Morgan fingerprint density at radius 3 is 2.47 bits per heavy atom. The Kier molecular flexibility index (Phi) is 4.46. The van der Waals surface area contributed by atoms with Crippen LogP contribution in [-0.4, -0.2) is 36.5 Å². The van der Waals surface area contributed by atoms with Gasteiger partial charge in [0, 0.05) is 18.6 Å². The van der Waals surface area contributed by atoms with Gasteiger partial charge < -0.3 is 11.1 Å². The van der Waals surface area contributed by atoms with Crippen LogP contribution in [0.4, 0.5) is 11.5 Å². The number of nitrogens with zero attached hydrogens (tertiary/aromatic N) is 2. The Hall–Kier alpha value is -1.28. The number of nitrogen functional groups attached to an aromatic ring is 1. The summed E-state index contributed by atoms with van der Waals surface area (Å²) >= 11 is 0. The van der Waals surface area contributed by atoms with Crippen molar-refractivity contribution in [3.63, 3.8) is 0 Å². The Bertz CT molecular complexity index is 548. The number of sulfonamides is 1. The summed E-state index contributed by atoms with van der Waals surface area (Å²) in [5, 5.41) is 7.46. The number of rotatable bonds is 6. The van der Waals surface area contributed by atoms with E-state index in [1.54, 1.807) is 18.5 Å². The van der Waals surface area contributed by atoms with Crippen molar-refractivity contribution in [1.82, 2.24) is 14.5 Å². The monoisotopic (exact) mass is 289 g/mol. The molecule has 1 heterocycles. The van der Waals surface area contributed by atoms with Gasteiger partial charge in [-0.15, -0.1) is 0 Å². The summed E-state index contributed by atoms with van der Waals surface area (Å²) in [7, 11) is -3.25. The highest BCUT2D eigenvalue weighted by Crippen LogP contribution is 2.22. The van der Waals surface area contributed by atoms with Gasteiger partial charge in [0.05, 0.1) is 17.6 Å². The molecule has 0 unspecified atom stereocenters. The summed E-state index contributed by atoms with van der Waals surface area (Å²) in [6.07, 6.45) is 1.14. The predicted octanol–water partition coefficient (Wildman–Crippen LogP) is 0.533. The minimum absolute atomic E-state index is 0.412. The molecule has 1 aromatic heterocycles. The van der Waals surface area contributed by atoms with Gasteiger partial charge in [-0.2, -0.15) is 5.10 Å². The van der Waals surface area contributed by atoms with Crippen LogP contribution >= 0.6 is 0 Å². The van der Waals surface area contributed by atoms with Gasteiger partial charge in [-0.3, -0.25) is 0 Å². The fraction of sp³-hybridized carbons (Fsp3) is 0.727. The van der Waals surface area contributed by atoms with Gasteiger partial charge in [-0.25, -0.2) is 17.8 Å². The van der Waals surface area contributed by atoms with Crippen LogP contribution in [0.2, 0.25) is 0 Å². The smallest absolute Gasteiger partial charge is 0.209 e. The molecule has 0 aliphatic rings. The molecule has 0 radical (unpaired) electrons. The Labute approximate surface area is 114 Å². The van der Waals surface area contributed by atoms with Gasteiger partial charge in [0.1, 0.15) is 5.82 Å². The molecular formula is C11H23N5O2S. The van der Waals surface area contributed by atoms with Crippen molar-refractivity contribution in [2.24, 2.45) is 0 Å². The molecule has 0 amide bonds. The van der Waals surface area contributed by atoms with Crippen LogP contribution in [0.25, 0.3) is 0 Å². The lowest BCUT2D eigenvalue weighted by Crippen LogP contribution is -2.48. The first-order valence-electron chi connectivity index (χ1n) is 6.11. The highest BCUT2D eigenvalue weighted by atomic mass is 32.2. The lowest BCUT2D eigenvalue weighted by atomic mass is 10.1. The lowest BCUT2D eigenvalue weighted by Gasteiger charge is -2.26. The van der Waals surface area contributed by atoms with E-state index in [9.17, 15) is 8.42 Å². The highest BCUT2D eigenvalue weighted by Gasteiger charge is 2.23. The third-order valence-corrected chi connectivity index (χ3v) is 3.56. The number of anilines is 2. The van der Waals surface area contributed by atoms with E-state index in [0.29, 0.717) is 18.8 Å². The molecule has 0 aliphatic carbocycles. The maximum absolute atomic E-state index is 11.3. The third kappa shape index (κ3) is 4.39. The normalized spacial score (nSPS) is 12.7. The average molecular weight is 289 g/mol. The first-order valence-corrected chi connectivity index (χ1v) is 8.00. The minimum atomic E-state index is -3.25. The van der Waals surface area contributed by atoms with E-state index in [1.807, 2.05) is 13.8 Å². The molecule has 0 spiro atoms. The van der Waals surface area contributed by atoms with Crippen molar-refractivity contribution in [2.75, 3.05) is 23.9 Å². The molecular weight excluding hydrogens is 266 g/mol. The van der Waals surface area contributed by atoms with E-state index in [2.05, 4.69) is 15.1 Å². The van der Waals surface area contributed by atoms with E-state index in [-0.39, 0.29) is 0 Å². The van der Waals surface area contributed by atoms with Crippen molar-refractivity contribution in [3.8, 4) is 0 Å². The number of nitrogens with one attached hydrogen (secondary N) is 2. The molecule has 110 valence electrons. The summed E-state index contributed by atoms with van der Waals surface area (Å²) in [6.45, 7) is 8.52. The molecule has 4 N–H and O–H groups in total. The molecule has 0 aromatic carbocycles.